The first kappa shape index (κ1) is 17.9. The lowest BCUT2D eigenvalue weighted by Gasteiger charge is -2.18. The molecule has 7 nitrogen and oxygen atoms in total. The molecule has 0 aliphatic rings. The molecule has 1 N–H and O–H groups in total. The Morgan fingerprint density at radius 3 is 2.25 bits per heavy atom. The Morgan fingerprint density at radius 2 is 1.71 bits per heavy atom. The molecule has 2 aromatic rings. The summed E-state index contributed by atoms with van der Waals surface area (Å²) in [5, 5.41) is 9.35. The van der Waals surface area contributed by atoms with E-state index in [0.717, 1.165) is 0 Å². The standard InChI is InChI=1S/C16H16NO6S/c1-12(13-6-4-3-5-7-13)16(18)17(19)23-24(20,21)15-10-8-14(22-2)9-11-15/h3-12,19H,1H2,2H3/t12-/m1/s1. The second-order valence-electron chi connectivity index (χ2n) is 4.78. The number of nitrogens with zero attached hydrogens (tertiary/aromatic N) is 1. The van der Waals surface area contributed by atoms with E-state index < -0.39 is 21.9 Å². The number of methoxy groups -OCH3 is 1. The summed E-state index contributed by atoms with van der Waals surface area (Å²) in [6, 6.07) is 13.7. The molecule has 0 fully saturated rings. The first-order valence-corrected chi connectivity index (χ1v) is 8.25. The first-order chi connectivity index (χ1) is 11.3. The molecule has 1 amide bonds. The summed E-state index contributed by atoms with van der Waals surface area (Å²) in [6.07, 6.45) is 0. The Bertz CT molecular complexity index is 789. The van der Waals surface area contributed by atoms with Gasteiger partial charge in [-0.05, 0) is 36.8 Å². The lowest BCUT2D eigenvalue weighted by atomic mass is 10.0. The fourth-order valence-corrected chi connectivity index (χ4v) is 2.69. The van der Waals surface area contributed by atoms with Gasteiger partial charge in [0.1, 0.15) is 5.75 Å². The highest BCUT2D eigenvalue weighted by Gasteiger charge is 2.27. The summed E-state index contributed by atoms with van der Waals surface area (Å²) in [5.41, 5.74) is 0.506. The highest BCUT2D eigenvalue weighted by atomic mass is 32.2. The molecule has 0 saturated heterocycles. The molecule has 0 saturated carbocycles. The SMILES string of the molecule is [CH2][C@@H](C(=O)N(O)OS(=O)(=O)c1ccc(OC)cc1)c1ccccc1. The van der Waals surface area contributed by atoms with Crippen LogP contribution >= 0.6 is 0 Å². The number of hydrogen-bond acceptors (Lipinski definition) is 6. The van der Waals surface area contributed by atoms with Crippen molar-refractivity contribution in [2.45, 2.75) is 10.8 Å². The Kier molecular flexibility index (Phi) is 5.55. The molecule has 127 valence electrons. The maximum absolute atomic E-state index is 12.1. The molecule has 1 radical (unpaired) electrons. The van der Waals surface area contributed by atoms with Crippen LogP contribution in [-0.2, 0) is 19.2 Å². The molecule has 0 aromatic heterocycles. The molecular formula is C16H16NO6S. The molecule has 1 atom stereocenters. The number of benzene rings is 2. The predicted molar refractivity (Wildman–Crippen MR) is 84.4 cm³/mol. The van der Waals surface area contributed by atoms with E-state index in [1.165, 1.54) is 31.4 Å². The summed E-state index contributed by atoms with van der Waals surface area (Å²) in [6.45, 7) is 3.61. The Morgan fingerprint density at radius 1 is 1.12 bits per heavy atom. The van der Waals surface area contributed by atoms with Gasteiger partial charge < -0.3 is 4.74 Å². The minimum Gasteiger partial charge on any atom is -0.497 e. The lowest BCUT2D eigenvalue weighted by molar-refractivity contribution is -0.263. The summed E-state index contributed by atoms with van der Waals surface area (Å²) in [7, 11) is -2.94. The number of amides is 1. The van der Waals surface area contributed by atoms with E-state index in [2.05, 4.69) is 11.2 Å². The molecule has 24 heavy (non-hydrogen) atoms. The van der Waals surface area contributed by atoms with Crippen molar-refractivity contribution in [3.05, 3.63) is 67.1 Å². The van der Waals surface area contributed by atoms with Gasteiger partial charge in [0, 0.05) is 0 Å². The van der Waals surface area contributed by atoms with Crippen molar-refractivity contribution >= 4 is 16.0 Å². The monoisotopic (exact) mass is 350 g/mol. The maximum atomic E-state index is 12.1. The third-order valence-corrected chi connectivity index (χ3v) is 4.39. The number of rotatable bonds is 6. The van der Waals surface area contributed by atoms with Gasteiger partial charge in [-0.2, -0.15) is 8.42 Å². The highest BCUT2D eigenvalue weighted by Crippen LogP contribution is 2.21. The Balaban J connectivity index is 2.12. The highest BCUT2D eigenvalue weighted by molar-refractivity contribution is 7.86. The molecule has 8 heteroatoms. The summed E-state index contributed by atoms with van der Waals surface area (Å²) in [5.74, 6) is -1.59. The minimum atomic E-state index is -4.37. The van der Waals surface area contributed by atoms with Gasteiger partial charge in [-0.25, -0.2) is 0 Å². The number of ether oxygens (including phenoxy) is 1. The van der Waals surface area contributed by atoms with Crippen molar-refractivity contribution in [3.8, 4) is 5.75 Å². The Labute approximate surface area is 140 Å². The van der Waals surface area contributed by atoms with Gasteiger partial charge in [0.05, 0.1) is 17.9 Å². The van der Waals surface area contributed by atoms with E-state index in [9.17, 15) is 18.4 Å². The number of hydroxylamine groups is 2. The quantitative estimate of drug-likeness (QED) is 0.634. The molecule has 0 unspecified atom stereocenters. The van der Waals surface area contributed by atoms with Crippen LogP contribution in [0.3, 0.4) is 0 Å². The van der Waals surface area contributed by atoms with Gasteiger partial charge in [-0.1, -0.05) is 35.6 Å². The van der Waals surface area contributed by atoms with Crippen LogP contribution in [0.15, 0.2) is 59.5 Å². The van der Waals surface area contributed by atoms with E-state index in [1.54, 1.807) is 30.3 Å². The van der Waals surface area contributed by atoms with Gasteiger partial charge in [0.2, 0.25) is 0 Å². The predicted octanol–water partition coefficient (Wildman–Crippen LogP) is 2.15. The average molecular weight is 350 g/mol. The van der Waals surface area contributed by atoms with Crippen LogP contribution < -0.4 is 4.74 Å². The van der Waals surface area contributed by atoms with E-state index in [0.29, 0.717) is 11.3 Å². The molecule has 2 aromatic carbocycles. The van der Waals surface area contributed by atoms with Crippen LogP contribution in [0.25, 0.3) is 0 Å². The largest absolute Gasteiger partial charge is 0.497 e. The van der Waals surface area contributed by atoms with Crippen LogP contribution in [-0.4, -0.2) is 31.9 Å². The summed E-state index contributed by atoms with van der Waals surface area (Å²) in [4.78, 5) is 11.8. The summed E-state index contributed by atoms with van der Waals surface area (Å²) >= 11 is 0. The van der Waals surface area contributed by atoms with E-state index in [-0.39, 0.29) is 10.1 Å². The normalized spacial score (nSPS) is 12.5. The van der Waals surface area contributed by atoms with Gasteiger partial charge in [-0.3, -0.25) is 10.0 Å². The number of carbonyl (C=O) groups is 1. The number of hydrogen-bond donors (Lipinski definition) is 1. The van der Waals surface area contributed by atoms with Crippen LogP contribution in [0.4, 0.5) is 0 Å². The first-order valence-electron chi connectivity index (χ1n) is 6.84. The van der Waals surface area contributed by atoms with Crippen molar-refractivity contribution in [1.82, 2.24) is 5.23 Å². The third kappa shape index (κ3) is 4.10. The molecule has 2 rings (SSSR count). The molecule has 0 aliphatic carbocycles. The zero-order valence-corrected chi connectivity index (χ0v) is 13.6. The minimum absolute atomic E-state index is 0.240. The average Bonchev–Trinajstić information content (AvgIpc) is 2.60. The second-order valence-corrected chi connectivity index (χ2v) is 6.31. The fourth-order valence-electron chi connectivity index (χ4n) is 1.88. The molecular weight excluding hydrogens is 334 g/mol. The van der Waals surface area contributed by atoms with Gasteiger partial charge in [0.15, 0.2) is 0 Å². The van der Waals surface area contributed by atoms with Gasteiger partial charge in [-0.15, -0.1) is 4.28 Å². The fraction of sp³-hybridized carbons (Fsp3) is 0.125. The smallest absolute Gasteiger partial charge is 0.319 e. The van der Waals surface area contributed by atoms with E-state index >= 15 is 0 Å². The topological polar surface area (TPSA) is 93.1 Å². The van der Waals surface area contributed by atoms with Crippen molar-refractivity contribution in [3.63, 3.8) is 0 Å². The van der Waals surface area contributed by atoms with Crippen LogP contribution in [0.2, 0.25) is 0 Å². The van der Waals surface area contributed by atoms with Crippen LogP contribution in [0, 0.1) is 6.92 Å². The molecule has 0 aliphatic heterocycles. The number of carbonyl (C=O) groups excluding carboxylic acids is 1. The van der Waals surface area contributed by atoms with Gasteiger partial charge >= 0.3 is 10.1 Å². The molecule has 0 bridgehead atoms. The summed E-state index contributed by atoms with van der Waals surface area (Å²) < 4.78 is 33.5. The second kappa shape index (κ2) is 7.43. The van der Waals surface area contributed by atoms with Crippen LogP contribution in [0.1, 0.15) is 11.5 Å². The zero-order chi connectivity index (χ0) is 17.7. The van der Waals surface area contributed by atoms with Crippen molar-refractivity contribution in [2.75, 3.05) is 7.11 Å². The van der Waals surface area contributed by atoms with E-state index in [1.807, 2.05) is 0 Å². The zero-order valence-electron chi connectivity index (χ0n) is 12.8. The van der Waals surface area contributed by atoms with Crippen molar-refractivity contribution in [1.29, 1.82) is 0 Å². The van der Waals surface area contributed by atoms with Crippen molar-refractivity contribution in [2.24, 2.45) is 0 Å². The van der Waals surface area contributed by atoms with Gasteiger partial charge in [0.25, 0.3) is 5.91 Å². The molecule has 0 spiro atoms. The van der Waals surface area contributed by atoms with Crippen LogP contribution in [0.5, 0.6) is 5.75 Å². The molecule has 0 heterocycles. The van der Waals surface area contributed by atoms with E-state index in [4.69, 9.17) is 4.74 Å². The third-order valence-electron chi connectivity index (χ3n) is 3.21. The Hall–Kier alpha value is -2.42. The van der Waals surface area contributed by atoms with Crippen molar-refractivity contribution < 1.29 is 27.4 Å². The lowest BCUT2D eigenvalue weighted by Crippen LogP contribution is -2.33. The maximum Gasteiger partial charge on any atom is 0.319 e.